The van der Waals surface area contributed by atoms with Gasteiger partial charge in [-0.05, 0) is 31.2 Å². The highest BCUT2D eigenvalue weighted by atomic mass is 15.3. The van der Waals surface area contributed by atoms with Crippen LogP contribution in [0.2, 0.25) is 0 Å². The van der Waals surface area contributed by atoms with Crippen molar-refractivity contribution in [2.45, 2.75) is 39.8 Å². The summed E-state index contributed by atoms with van der Waals surface area (Å²) in [6.45, 7) is 9.20. The van der Waals surface area contributed by atoms with Crippen LogP contribution in [0.25, 0.3) is 0 Å². The third-order valence-corrected chi connectivity index (χ3v) is 3.39. The number of nitrogens with one attached hydrogen (secondary N) is 2. The van der Waals surface area contributed by atoms with Crippen molar-refractivity contribution < 1.29 is 0 Å². The van der Waals surface area contributed by atoms with E-state index in [-0.39, 0.29) is 0 Å². The van der Waals surface area contributed by atoms with E-state index in [0.717, 1.165) is 31.5 Å². The number of hydrogen-bond donors (Lipinski definition) is 2. The Balaban J connectivity index is 1.79. The molecule has 2 rings (SSSR count). The highest BCUT2D eigenvalue weighted by Gasteiger charge is 2.33. The third kappa shape index (κ3) is 4.58. The van der Waals surface area contributed by atoms with Crippen LogP contribution >= 0.6 is 0 Å². The topological polar surface area (TPSA) is 54.2 Å². The summed E-state index contributed by atoms with van der Waals surface area (Å²) in [5, 5.41) is 11.0. The molecule has 1 heterocycles. The van der Waals surface area contributed by atoms with Crippen LogP contribution in [-0.4, -0.2) is 34.9 Å². The maximum Gasteiger partial charge on any atom is 0.191 e. The molecule has 5 nitrogen and oxygen atoms in total. The van der Waals surface area contributed by atoms with Crippen LogP contribution in [0.15, 0.2) is 23.5 Å². The third-order valence-electron chi connectivity index (χ3n) is 3.39. The molecule has 106 valence electrons. The highest BCUT2D eigenvalue weighted by molar-refractivity contribution is 5.80. The highest BCUT2D eigenvalue weighted by Crippen LogP contribution is 2.28. The number of aliphatic imine (C=N–C) groups is 1. The molecule has 0 spiro atoms. The van der Waals surface area contributed by atoms with Gasteiger partial charge < -0.3 is 10.6 Å². The van der Waals surface area contributed by atoms with Gasteiger partial charge in [-0.1, -0.05) is 13.8 Å². The molecule has 1 aliphatic carbocycles. The summed E-state index contributed by atoms with van der Waals surface area (Å²) in [4.78, 5) is 4.66. The predicted molar refractivity (Wildman–Crippen MR) is 78.1 cm³/mol. The fraction of sp³-hybridized carbons (Fsp3) is 0.714. The molecule has 1 aliphatic rings. The van der Waals surface area contributed by atoms with E-state index in [9.17, 15) is 0 Å². The van der Waals surface area contributed by atoms with E-state index in [1.54, 1.807) is 0 Å². The van der Waals surface area contributed by atoms with Crippen LogP contribution in [0.4, 0.5) is 0 Å². The maximum atomic E-state index is 4.66. The van der Waals surface area contributed by atoms with Gasteiger partial charge in [0.15, 0.2) is 5.96 Å². The van der Waals surface area contributed by atoms with E-state index in [1.807, 2.05) is 23.1 Å². The van der Waals surface area contributed by atoms with E-state index in [0.29, 0.717) is 12.0 Å². The van der Waals surface area contributed by atoms with Gasteiger partial charge in [-0.3, -0.25) is 9.67 Å². The quantitative estimate of drug-likeness (QED) is 0.604. The Bertz CT molecular complexity index is 398. The molecule has 0 amide bonds. The molecule has 1 aromatic rings. The van der Waals surface area contributed by atoms with Crippen molar-refractivity contribution in [3.63, 3.8) is 0 Å². The number of rotatable bonds is 6. The zero-order chi connectivity index (χ0) is 13.7. The SMILES string of the molecule is CCNC(=NCC(C)Cn1cccn1)NC1CC1C. The average molecular weight is 263 g/mol. The van der Waals surface area contributed by atoms with Crippen LogP contribution in [-0.2, 0) is 6.54 Å². The Morgan fingerprint density at radius 3 is 2.95 bits per heavy atom. The monoisotopic (exact) mass is 263 g/mol. The Kier molecular flexibility index (Phi) is 4.82. The predicted octanol–water partition coefficient (Wildman–Crippen LogP) is 1.48. The summed E-state index contributed by atoms with van der Waals surface area (Å²) >= 11 is 0. The molecular formula is C14H25N5. The van der Waals surface area contributed by atoms with Gasteiger partial charge in [0.1, 0.15) is 0 Å². The summed E-state index contributed by atoms with van der Waals surface area (Å²) < 4.78 is 1.96. The number of guanidine groups is 1. The fourth-order valence-electron chi connectivity index (χ4n) is 2.05. The largest absolute Gasteiger partial charge is 0.357 e. The fourth-order valence-corrected chi connectivity index (χ4v) is 2.05. The second-order valence-electron chi connectivity index (χ2n) is 5.52. The van der Waals surface area contributed by atoms with Gasteiger partial charge in [0.25, 0.3) is 0 Å². The molecule has 3 unspecified atom stereocenters. The van der Waals surface area contributed by atoms with Gasteiger partial charge in [-0.25, -0.2) is 0 Å². The van der Waals surface area contributed by atoms with E-state index < -0.39 is 0 Å². The van der Waals surface area contributed by atoms with Crippen molar-refractivity contribution in [2.24, 2.45) is 16.8 Å². The first-order chi connectivity index (χ1) is 9.19. The van der Waals surface area contributed by atoms with Crippen LogP contribution in [0.5, 0.6) is 0 Å². The first kappa shape index (κ1) is 13.9. The molecule has 0 aromatic carbocycles. The number of hydrogen-bond acceptors (Lipinski definition) is 2. The van der Waals surface area contributed by atoms with Crippen molar-refractivity contribution in [2.75, 3.05) is 13.1 Å². The lowest BCUT2D eigenvalue weighted by atomic mass is 10.2. The van der Waals surface area contributed by atoms with Crippen LogP contribution < -0.4 is 10.6 Å². The molecule has 5 heteroatoms. The Hall–Kier alpha value is -1.52. The summed E-state index contributed by atoms with van der Waals surface area (Å²) in [5.41, 5.74) is 0. The van der Waals surface area contributed by atoms with Gasteiger partial charge >= 0.3 is 0 Å². The van der Waals surface area contributed by atoms with Crippen LogP contribution in [0.1, 0.15) is 27.2 Å². The van der Waals surface area contributed by atoms with E-state index in [1.165, 1.54) is 6.42 Å². The molecule has 1 saturated carbocycles. The van der Waals surface area contributed by atoms with Crippen LogP contribution in [0.3, 0.4) is 0 Å². The van der Waals surface area contributed by atoms with Crippen molar-refractivity contribution in [3.05, 3.63) is 18.5 Å². The summed E-state index contributed by atoms with van der Waals surface area (Å²) in [7, 11) is 0. The second kappa shape index (κ2) is 6.59. The lowest BCUT2D eigenvalue weighted by Gasteiger charge is -2.13. The Labute approximate surface area is 115 Å². The van der Waals surface area contributed by atoms with E-state index in [4.69, 9.17) is 0 Å². The van der Waals surface area contributed by atoms with Crippen molar-refractivity contribution >= 4 is 5.96 Å². The van der Waals surface area contributed by atoms with Gasteiger partial charge in [-0.2, -0.15) is 5.10 Å². The van der Waals surface area contributed by atoms with E-state index in [2.05, 4.69) is 41.5 Å². The standard InChI is InChI=1S/C14H25N5/c1-4-15-14(18-13-8-12(13)3)16-9-11(2)10-19-7-5-6-17-19/h5-7,11-13H,4,8-10H2,1-3H3,(H2,15,16,18). The zero-order valence-electron chi connectivity index (χ0n) is 12.1. The molecule has 0 aliphatic heterocycles. The van der Waals surface area contributed by atoms with Crippen molar-refractivity contribution in [1.29, 1.82) is 0 Å². The van der Waals surface area contributed by atoms with Gasteiger partial charge in [0.2, 0.25) is 0 Å². The zero-order valence-corrected chi connectivity index (χ0v) is 12.1. The molecule has 2 N–H and O–H groups in total. The Morgan fingerprint density at radius 1 is 1.58 bits per heavy atom. The number of aromatic nitrogens is 2. The molecule has 0 saturated heterocycles. The normalized spacial score (nSPS) is 24.1. The summed E-state index contributed by atoms with van der Waals surface area (Å²) in [6.07, 6.45) is 5.07. The van der Waals surface area contributed by atoms with Crippen LogP contribution in [0, 0.1) is 11.8 Å². The Morgan fingerprint density at radius 2 is 2.37 bits per heavy atom. The summed E-state index contributed by atoms with van der Waals surface area (Å²) in [5.74, 6) is 2.21. The maximum absolute atomic E-state index is 4.66. The molecule has 19 heavy (non-hydrogen) atoms. The number of nitrogens with zero attached hydrogens (tertiary/aromatic N) is 3. The lowest BCUT2D eigenvalue weighted by Crippen LogP contribution is -2.39. The average Bonchev–Trinajstić information content (AvgIpc) is 2.87. The lowest BCUT2D eigenvalue weighted by molar-refractivity contribution is 0.458. The summed E-state index contributed by atoms with van der Waals surface area (Å²) in [6, 6.07) is 2.56. The second-order valence-corrected chi connectivity index (χ2v) is 5.52. The van der Waals surface area contributed by atoms with Crippen molar-refractivity contribution in [3.8, 4) is 0 Å². The molecule has 0 radical (unpaired) electrons. The minimum Gasteiger partial charge on any atom is -0.357 e. The van der Waals surface area contributed by atoms with Gasteiger partial charge in [0, 0.05) is 38.1 Å². The molecule has 3 atom stereocenters. The molecule has 1 fully saturated rings. The minimum absolute atomic E-state index is 0.479. The molecule has 0 bridgehead atoms. The van der Waals surface area contributed by atoms with Gasteiger partial charge in [0.05, 0.1) is 0 Å². The molecular weight excluding hydrogens is 238 g/mol. The first-order valence-corrected chi connectivity index (χ1v) is 7.21. The van der Waals surface area contributed by atoms with Crippen molar-refractivity contribution in [1.82, 2.24) is 20.4 Å². The van der Waals surface area contributed by atoms with E-state index >= 15 is 0 Å². The minimum atomic E-state index is 0.479. The first-order valence-electron chi connectivity index (χ1n) is 7.21. The van der Waals surface area contributed by atoms with Gasteiger partial charge in [-0.15, -0.1) is 0 Å². The smallest absolute Gasteiger partial charge is 0.191 e. The molecule has 1 aromatic heterocycles.